The molecular formula is C40H43N9O6. The van der Waals surface area contributed by atoms with E-state index in [-0.39, 0.29) is 36.5 Å². The number of benzene rings is 2. The van der Waals surface area contributed by atoms with Crippen LogP contribution in [0.3, 0.4) is 0 Å². The number of nitriles is 1. The summed E-state index contributed by atoms with van der Waals surface area (Å²) in [7, 11) is 0. The molecular weight excluding hydrogens is 702 g/mol. The number of hydrogen-bond acceptors (Lipinski definition) is 12. The van der Waals surface area contributed by atoms with E-state index in [9.17, 15) is 24.0 Å². The average Bonchev–Trinajstić information content (AvgIpc) is 3.42. The molecule has 2 N–H and O–H groups in total. The number of imide groups is 2. The van der Waals surface area contributed by atoms with Crippen molar-refractivity contribution in [2.75, 3.05) is 55.6 Å². The fourth-order valence-electron chi connectivity index (χ4n) is 8.28. The van der Waals surface area contributed by atoms with E-state index < -0.39 is 29.7 Å². The molecule has 3 aromatic rings. The first kappa shape index (κ1) is 36.1. The molecule has 2 aromatic carbocycles. The minimum Gasteiger partial charge on any atom is -0.490 e. The summed E-state index contributed by atoms with van der Waals surface area (Å²) in [5.74, 6) is -0.320. The van der Waals surface area contributed by atoms with Gasteiger partial charge in [0.25, 0.3) is 17.7 Å². The Morgan fingerprint density at radius 2 is 1.64 bits per heavy atom. The topological polar surface area (TPSA) is 181 Å². The third kappa shape index (κ3) is 7.46. The van der Waals surface area contributed by atoms with Crippen molar-refractivity contribution in [2.24, 2.45) is 5.92 Å². The van der Waals surface area contributed by atoms with Gasteiger partial charge in [-0.15, -0.1) is 0 Å². The van der Waals surface area contributed by atoms with Gasteiger partial charge < -0.3 is 19.9 Å². The molecule has 284 valence electrons. The molecule has 55 heavy (non-hydrogen) atoms. The first-order chi connectivity index (χ1) is 26.6. The van der Waals surface area contributed by atoms with Gasteiger partial charge in [0, 0.05) is 82.3 Å². The number of rotatable bonds is 9. The van der Waals surface area contributed by atoms with Gasteiger partial charge in [0.2, 0.25) is 17.8 Å². The van der Waals surface area contributed by atoms with E-state index in [0.717, 1.165) is 93.4 Å². The molecule has 1 aromatic heterocycles. The number of fused-ring (bicyclic) bond motifs is 1. The number of piperidine rings is 1. The second kappa shape index (κ2) is 15.1. The van der Waals surface area contributed by atoms with E-state index in [1.54, 1.807) is 30.6 Å². The third-order valence-electron chi connectivity index (χ3n) is 11.4. The van der Waals surface area contributed by atoms with Crippen LogP contribution in [0.1, 0.15) is 80.7 Å². The zero-order chi connectivity index (χ0) is 38.2. The highest BCUT2D eigenvalue weighted by Gasteiger charge is 2.45. The molecule has 4 aliphatic heterocycles. The maximum atomic E-state index is 13.3. The SMILES string of the molecule is Cc1cc(O[C@H]2CC[C@H](NC(=O)c3cnc(N4CC(CN5CCN(c6ccc7c(c6)C(=O)N(C6CCC(=O)NC6=O)C7=O)CC5)C4)nc3)CC2)ccc1C#N. The van der Waals surface area contributed by atoms with E-state index in [0.29, 0.717) is 28.6 Å². The zero-order valence-electron chi connectivity index (χ0n) is 30.7. The fourth-order valence-corrected chi connectivity index (χ4v) is 8.28. The predicted octanol–water partition coefficient (Wildman–Crippen LogP) is 2.44. The van der Waals surface area contributed by atoms with Crippen LogP contribution in [0.4, 0.5) is 11.6 Å². The quantitative estimate of drug-likeness (QED) is 0.306. The summed E-state index contributed by atoms with van der Waals surface area (Å²) in [6.07, 6.45) is 6.79. The normalized spacial score (nSPS) is 23.2. The fraction of sp³-hybridized carbons (Fsp3) is 0.450. The molecule has 15 heteroatoms. The van der Waals surface area contributed by atoms with Crippen molar-refractivity contribution in [3.63, 3.8) is 0 Å². The Kier molecular flexibility index (Phi) is 9.91. The largest absolute Gasteiger partial charge is 0.490 e. The Morgan fingerprint density at radius 3 is 2.33 bits per heavy atom. The molecule has 5 amide bonds. The van der Waals surface area contributed by atoms with E-state index in [1.165, 1.54) is 0 Å². The van der Waals surface area contributed by atoms with Gasteiger partial charge in [-0.1, -0.05) is 0 Å². The van der Waals surface area contributed by atoms with Gasteiger partial charge in [-0.25, -0.2) is 9.97 Å². The second-order valence-corrected chi connectivity index (χ2v) is 15.2. The smallest absolute Gasteiger partial charge is 0.262 e. The van der Waals surface area contributed by atoms with Gasteiger partial charge in [0.1, 0.15) is 11.8 Å². The molecule has 0 spiro atoms. The second-order valence-electron chi connectivity index (χ2n) is 15.2. The predicted molar refractivity (Wildman–Crippen MR) is 200 cm³/mol. The lowest BCUT2D eigenvalue weighted by Crippen LogP contribution is -2.55. The molecule has 1 saturated carbocycles. The van der Waals surface area contributed by atoms with E-state index in [1.807, 2.05) is 25.1 Å². The maximum Gasteiger partial charge on any atom is 0.262 e. The molecule has 1 unspecified atom stereocenters. The summed E-state index contributed by atoms with van der Waals surface area (Å²) >= 11 is 0. The number of nitrogens with zero attached hydrogens (tertiary/aromatic N) is 7. The summed E-state index contributed by atoms with van der Waals surface area (Å²) in [6.45, 7) is 7.78. The molecule has 1 aliphatic carbocycles. The van der Waals surface area contributed by atoms with E-state index >= 15 is 0 Å². The van der Waals surface area contributed by atoms with Crippen molar-refractivity contribution < 1.29 is 28.7 Å². The number of ether oxygens (including phenoxy) is 1. The van der Waals surface area contributed by atoms with Crippen molar-refractivity contribution in [1.29, 1.82) is 5.26 Å². The number of amides is 5. The van der Waals surface area contributed by atoms with Gasteiger partial charge in [-0.3, -0.25) is 39.1 Å². The molecule has 5 aliphatic rings. The summed E-state index contributed by atoms with van der Waals surface area (Å²) in [6, 6.07) is 12.1. The molecule has 0 radical (unpaired) electrons. The van der Waals surface area contributed by atoms with E-state index in [4.69, 9.17) is 10.00 Å². The van der Waals surface area contributed by atoms with Gasteiger partial charge in [0.15, 0.2) is 0 Å². The first-order valence-corrected chi connectivity index (χ1v) is 19.0. The van der Waals surface area contributed by atoms with Crippen LogP contribution in [0.5, 0.6) is 5.75 Å². The highest BCUT2D eigenvalue weighted by molar-refractivity contribution is 6.23. The Hall–Kier alpha value is -5.88. The Morgan fingerprint density at radius 1 is 0.909 bits per heavy atom. The Labute approximate surface area is 318 Å². The maximum absolute atomic E-state index is 13.3. The number of carbonyl (C=O) groups excluding carboxylic acids is 5. The molecule has 15 nitrogen and oxygen atoms in total. The van der Waals surface area contributed by atoms with Crippen molar-refractivity contribution >= 4 is 41.2 Å². The monoisotopic (exact) mass is 745 g/mol. The highest BCUT2D eigenvalue weighted by atomic mass is 16.5. The number of anilines is 2. The van der Waals surface area contributed by atoms with Crippen LogP contribution < -0.4 is 25.2 Å². The van der Waals surface area contributed by atoms with Gasteiger partial charge in [0.05, 0.1) is 34.4 Å². The van der Waals surface area contributed by atoms with Crippen LogP contribution in [-0.2, 0) is 9.59 Å². The summed E-state index contributed by atoms with van der Waals surface area (Å²) in [4.78, 5) is 80.1. The van der Waals surface area contributed by atoms with Crippen molar-refractivity contribution in [1.82, 2.24) is 30.4 Å². The lowest BCUT2D eigenvalue weighted by atomic mass is 9.92. The highest BCUT2D eigenvalue weighted by Crippen LogP contribution is 2.32. The lowest BCUT2D eigenvalue weighted by molar-refractivity contribution is -0.136. The number of piperazine rings is 1. The number of aryl methyl sites for hydroxylation is 1. The zero-order valence-corrected chi connectivity index (χ0v) is 30.7. The molecule has 1 atom stereocenters. The summed E-state index contributed by atoms with van der Waals surface area (Å²) in [5, 5.41) is 14.5. The van der Waals surface area contributed by atoms with Crippen molar-refractivity contribution in [3.8, 4) is 11.8 Å². The van der Waals surface area contributed by atoms with Crippen LogP contribution >= 0.6 is 0 Å². The summed E-state index contributed by atoms with van der Waals surface area (Å²) < 4.78 is 6.15. The Bertz CT molecular complexity index is 2060. The standard InChI is InChI=1S/C40H43N9O6/c1-24-16-31(6-2-26(24)18-41)55-30-7-3-28(4-8-30)44-36(51)27-19-42-40(43-20-27)48-22-25(23-48)21-46-12-14-47(15-13-46)29-5-9-32-33(17-29)39(54)49(38(32)53)34-10-11-35(50)45-37(34)52/h2,5-6,9,16-17,19-20,25,28,30,34H,3-4,7-8,10-15,21-23H2,1H3,(H,44,51)(H,45,50,52)/t28-,30-,34?. The van der Waals surface area contributed by atoms with Crippen LogP contribution in [0.25, 0.3) is 0 Å². The minimum absolute atomic E-state index is 0.0637. The molecule has 5 heterocycles. The van der Waals surface area contributed by atoms with Crippen LogP contribution in [-0.4, -0.2) is 113 Å². The number of carbonyl (C=O) groups is 5. The van der Waals surface area contributed by atoms with Crippen LogP contribution in [0, 0.1) is 24.2 Å². The lowest BCUT2D eigenvalue weighted by Gasteiger charge is -2.44. The van der Waals surface area contributed by atoms with Crippen molar-refractivity contribution in [2.45, 2.75) is 63.6 Å². The number of aromatic nitrogens is 2. The van der Waals surface area contributed by atoms with Crippen LogP contribution in [0.2, 0.25) is 0 Å². The van der Waals surface area contributed by atoms with Gasteiger partial charge >= 0.3 is 0 Å². The number of nitrogens with one attached hydrogen (secondary N) is 2. The first-order valence-electron chi connectivity index (χ1n) is 19.0. The molecule has 4 fully saturated rings. The summed E-state index contributed by atoms with van der Waals surface area (Å²) in [5.41, 5.74) is 3.42. The number of hydrogen-bond donors (Lipinski definition) is 2. The molecule has 8 rings (SSSR count). The van der Waals surface area contributed by atoms with Gasteiger partial charge in [-0.2, -0.15) is 5.26 Å². The van der Waals surface area contributed by atoms with E-state index in [2.05, 4.69) is 41.4 Å². The minimum atomic E-state index is -0.979. The van der Waals surface area contributed by atoms with Crippen LogP contribution in [0.15, 0.2) is 48.8 Å². The van der Waals surface area contributed by atoms with Gasteiger partial charge in [-0.05, 0) is 81.0 Å². The average molecular weight is 746 g/mol. The molecule has 0 bridgehead atoms. The third-order valence-corrected chi connectivity index (χ3v) is 11.4. The Balaban J connectivity index is 0.754. The molecule has 3 saturated heterocycles. The van der Waals surface area contributed by atoms with Crippen molar-refractivity contribution in [3.05, 3.63) is 76.6 Å².